The quantitative estimate of drug-likeness (QED) is 0.648. The first kappa shape index (κ1) is 13.3. The molecule has 0 aromatic carbocycles. The van der Waals surface area contributed by atoms with Crippen molar-refractivity contribution in [2.45, 2.75) is 31.5 Å². The zero-order chi connectivity index (χ0) is 14.9. The summed E-state index contributed by atoms with van der Waals surface area (Å²) in [5.74, 6) is 1.04. The fraction of sp³-hybridized carbons (Fsp3) is 0.583. The van der Waals surface area contributed by atoms with Crippen molar-refractivity contribution < 1.29 is 9.32 Å². The third-order valence-corrected chi connectivity index (χ3v) is 3.94. The molecule has 1 saturated heterocycles. The molecule has 2 aliphatic rings. The van der Waals surface area contributed by atoms with Gasteiger partial charge in [0, 0.05) is 18.5 Å². The molecule has 22 heavy (non-hydrogen) atoms. The first-order valence-electron chi connectivity index (χ1n) is 7.25. The monoisotopic (exact) mass is 304 g/mol. The number of tetrazole rings is 1. The molecule has 3 heterocycles. The number of carbonyl (C=O) groups is 1. The Labute approximate surface area is 125 Å². The van der Waals surface area contributed by atoms with Crippen LogP contribution in [0.25, 0.3) is 0 Å². The maximum atomic E-state index is 12.3. The molecular weight excluding hydrogens is 288 g/mol. The minimum absolute atomic E-state index is 0.0889. The van der Waals surface area contributed by atoms with Crippen LogP contribution in [0.2, 0.25) is 0 Å². The van der Waals surface area contributed by atoms with Gasteiger partial charge in [-0.2, -0.15) is 0 Å². The normalized spacial score (nSPS) is 24.5. The number of carbonyl (C=O) groups excluding carboxylic acids is 1. The van der Waals surface area contributed by atoms with E-state index in [-0.39, 0.29) is 18.0 Å². The zero-order valence-corrected chi connectivity index (χ0v) is 11.8. The number of nitrogens with zero attached hydrogens (tertiary/aromatic N) is 5. The van der Waals surface area contributed by atoms with Gasteiger partial charge >= 0.3 is 0 Å². The van der Waals surface area contributed by atoms with Crippen molar-refractivity contribution in [3.63, 3.8) is 0 Å². The molecule has 10 nitrogen and oxygen atoms in total. The Hall–Kier alpha value is -2.33. The summed E-state index contributed by atoms with van der Waals surface area (Å²) in [6, 6.07) is 1.92. The van der Waals surface area contributed by atoms with Gasteiger partial charge in [0.1, 0.15) is 23.9 Å². The molecule has 1 aliphatic carbocycles. The van der Waals surface area contributed by atoms with Gasteiger partial charge < -0.3 is 9.84 Å². The Morgan fingerprint density at radius 2 is 2.41 bits per heavy atom. The Balaban J connectivity index is 1.36. The Kier molecular flexibility index (Phi) is 3.31. The maximum Gasteiger partial charge on any atom is 0.228 e. The topological polar surface area (TPSA) is 123 Å². The number of amides is 1. The summed E-state index contributed by atoms with van der Waals surface area (Å²) in [5.41, 5.74) is 6.69. The second-order valence-corrected chi connectivity index (χ2v) is 5.58. The molecule has 0 radical (unpaired) electrons. The van der Waals surface area contributed by atoms with Crippen LogP contribution in [0, 0.1) is 5.92 Å². The minimum Gasteiger partial charge on any atom is -0.361 e. The van der Waals surface area contributed by atoms with Crippen LogP contribution in [0.3, 0.4) is 0 Å². The second-order valence-electron chi connectivity index (χ2n) is 5.58. The summed E-state index contributed by atoms with van der Waals surface area (Å²) in [6.07, 6.45) is 3.49. The van der Waals surface area contributed by atoms with E-state index in [9.17, 15) is 4.79 Å². The van der Waals surface area contributed by atoms with Crippen LogP contribution in [0.15, 0.2) is 16.9 Å². The highest BCUT2D eigenvalue weighted by atomic mass is 16.5. The first-order chi connectivity index (χ1) is 10.8. The van der Waals surface area contributed by atoms with Crippen molar-refractivity contribution in [3.8, 4) is 0 Å². The summed E-state index contributed by atoms with van der Waals surface area (Å²) in [6.45, 7) is 0.858. The predicted octanol–water partition coefficient (Wildman–Crippen LogP) is -0.922. The molecule has 1 amide bonds. The molecule has 10 heteroatoms. The SMILES string of the molecule is O=C(NCc1cc(C2CC2)on1)C1CNNC1n1cnnn1. The number of hydrogen-bond acceptors (Lipinski definition) is 8. The molecule has 1 aliphatic heterocycles. The Bertz CT molecular complexity index is 650. The van der Waals surface area contributed by atoms with Crippen LogP contribution in [-0.4, -0.2) is 37.8 Å². The number of nitrogens with one attached hydrogen (secondary N) is 3. The van der Waals surface area contributed by atoms with E-state index in [4.69, 9.17) is 4.52 Å². The molecule has 116 valence electrons. The fourth-order valence-corrected chi connectivity index (χ4v) is 2.55. The van der Waals surface area contributed by atoms with Crippen LogP contribution in [0.1, 0.15) is 36.4 Å². The molecule has 4 rings (SSSR count). The number of aromatic nitrogens is 5. The Morgan fingerprint density at radius 3 is 3.18 bits per heavy atom. The van der Waals surface area contributed by atoms with E-state index < -0.39 is 0 Å². The van der Waals surface area contributed by atoms with E-state index in [0.29, 0.717) is 19.0 Å². The van der Waals surface area contributed by atoms with Gasteiger partial charge in [0.25, 0.3) is 0 Å². The minimum atomic E-state index is -0.311. The molecule has 2 aromatic heterocycles. The lowest BCUT2D eigenvalue weighted by Gasteiger charge is -2.16. The molecule has 3 N–H and O–H groups in total. The lowest BCUT2D eigenvalue weighted by molar-refractivity contribution is -0.125. The molecule has 1 saturated carbocycles. The fourth-order valence-electron chi connectivity index (χ4n) is 2.55. The van der Waals surface area contributed by atoms with E-state index in [1.54, 1.807) is 0 Å². The number of rotatable bonds is 5. The van der Waals surface area contributed by atoms with Crippen molar-refractivity contribution in [2.24, 2.45) is 5.92 Å². The zero-order valence-electron chi connectivity index (χ0n) is 11.8. The highest BCUT2D eigenvalue weighted by molar-refractivity contribution is 5.79. The first-order valence-corrected chi connectivity index (χ1v) is 7.25. The molecule has 2 fully saturated rings. The van der Waals surface area contributed by atoms with Gasteiger partial charge in [-0.25, -0.2) is 10.1 Å². The van der Waals surface area contributed by atoms with Gasteiger partial charge in [-0.05, 0) is 23.3 Å². The molecule has 2 atom stereocenters. The van der Waals surface area contributed by atoms with E-state index in [1.807, 2.05) is 6.07 Å². The van der Waals surface area contributed by atoms with Crippen LogP contribution in [-0.2, 0) is 11.3 Å². The third kappa shape index (κ3) is 2.57. The average molecular weight is 304 g/mol. The highest BCUT2D eigenvalue weighted by Crippen LogP contribution is 2.40. The summed E-state index contributed by atoms with van der Waals surface area (Å²) >= 11 is 0. The van der Waals surface area contributed by atoms with E-state index in [0.717, 1.165) is 24.3 Å². The smallest absolute Gasteiger partial charge is 0.228 e. The van der Waals surface area contributed by atoms with Crippen molar-refractivity contribution in [1.29, 1.82) is 0 Å². The van der Waals surface area contributed by atoms with Gasteiger partial charge in [0.05, 0.1) is 12.5 Å². The maximum absolute atomic E-state index is 12.3. The van der Waals surface area contributed by atoms with Crippen molar-refractivity contribution in [2.75, 3.05) is 6.54 Å². The van der Waals surface area contributed by atoms with Crippen molar-refractivity contribution in [1.82, 2.24) is 41.5 Å². The lowest BCUT2D eigenvalue weighted by Crippen LogP contribution is -2.37. The summed E-state index contributed by atoms with van der Waals surface area (Å²) < 4.78 is 6.79. The number of hydrogen-bond donors (Lipinski definition) is 3. The van der Waals surface area contributed by atoms with Crippen molar-refractivity contribution in [3.05, 3.63) is 23.8 Å². The van der Waals surface area contributed by atoms with Crippen molar-refractivity contribution >= 4 is 5.91 Å². The van der Waals surface area contributed by atoms with E-state index >= 15 is 0 Å². The van der Waals surface area contributed by atoms with Gasteiger partial charge in [0.15, 0.2) is 0 Å². The Morgan fingerprint density at radius 1 is 1.50 bits per heavy atom. The molecule has 0 spiro atoms. The predicted molar refractivity (Wildman–Crippen MR) is 71.8 cm³/mol. The third-order valence-electron chi connectivity index (χ3n) is 3.94. The van der Waals surface area contributed by atoms with Crippen LogP contribution in [0.5, 0.6) is 0 Å². The van der Waals surface area contributed by atoms with Gasteiger partial charge in [-0.15, -0.1) is 5.10 Å². The number of hydrazine groups is 1. The summed E-state index contributed by atoms with van der Waals surface area (Å²) in [7, 11) is 0. The lowest BCUT2D eigenvalue weighted by atomic mass is 10.1. The molecule has 2 unspecified atom stereocenters. The second kappa shape index (κ2) is 5.46. The van der Waals surface area contributed by atoms with E-state index in [2.05, 4.69) is 36.9 Å². The standard InChI is InChI=1S/C12H16N8O2/c21-12(9-5-14-16-11(9)20-6-15-18-19-20)13-4-8-3-10(22-17-8)7-1-2-7/h3,6-7,9,11,14,16H,1-2,4-5H2,(H,13,21). The average Bonchev–Trinajstić information content (AvgIpc) is 3.01. The van der Waals surface area contributed by atoms with Gasteiger partial charge in [-0.3, -0.25) is 10.2 Å². The largest absolute Gasteiger partial charge is 0.361 e. The van der Waals surface area contributed by atoms with Gasteiger partial charge in [0.2, 0.25) is 5.91 Å². The van der Waals surface area contributed by atoms with Crippen LogP contribution < -0.4 is 16.2 Å². The highest BCUT2D eigenvalue weighted by Gasteiger charge is 2.35. The molecule has 2 aromatic rings. The summed E-state index contributed by atoms with van der Waals surface area (Å²) in [4.78, 5) is 12.3. The molecular formula is C12H16N8O2. The van der Waals surface area contributed by atoms with Gasteiger partial charge in [-0.1, -0.05) is 5.16 Å². The van der Waals surface area contributed by atoms with Crippen LogP contribution >= 0.6 is 0 Å². The molecule has 0 bridgehead atoms. The van der Waals surface area contributed by atoms with Crippen LogP contribution in [0.4, 0.5) is 0 Å². The van der Waals surface area contributed by atoms with E-state index in [1.165, 1.54) is 11.0 Å². The summed E-state index contributed by atoms with van der Waals surface area (Å²) in [5, 5.41) is 17.9.